The molecule has 3 nitrogen and oxygen atoms in total. The van der Waals surface area contributed by atoms with Crippen LogP contribution in [0.4, 0.5) is 8.78 Å². The number of aliphatic hydroxyl groups excluding tert-OH is 1. The van der Waals surface area contributed by atoms with E-state index < -0.39 is 23.2 Å². The van der Waals surface area contributed by atoms with Crippen LogP contribution in [0.1, 0.15) is 18.1 Å². The number of benzene rings is 1. The molecule has 0 radical (unpaired) electrons. The third-order valence-electron chi connectivity index (χ3n) is 3.38. The normalized spacial score (nSPS) is 26.1. The summed E-state index contributed by atoms with van der Waals surface area (Å²) in [5.74, 6) is -1.42. The van der Waals surface area contributed by atoms with Crippen molar-refractivity contribution in [1.82, 2.24) is 0 Å². The minimum atomic E-state index is -1.07. The molecular formula is C12H15F2NO2. The maximum Gasteiger partial charge on any atom is 0.131 e. The van der Waals surface area contributed by atoms with Crippen LogP contribution in [0.5, 0.6) is 0 Å². The van der Waals surface area contributed by atoms with Crippen LogP contribution in [-0.2, 0) is 4.74 Å². The third-order valence-corrected chi connectivity index (χ3v) is 3.38. The number of aliphatic hydroxyl groups is 1. The van der Waals surface area contributed by atoms with Crippen LogP contribution in [0, 0.1) is 17.0 Å². The predicted octanol–water partition coefficient (Wildman–Crippen LogP) is 1.36. The minimum Gasteiger partial charge on any atom is -0.388 e. The Morgan fingerprint density at radius 1 is 1.47 bits per heavy atom. The van der Waals surface area contributed by atoms with E-state index in [1.807, 2.05) is 0 Å². The van der Waals surface area contributed by atoms with E-state index in [2.05, 4.69) is 0 Å². The van der Waals surface area contributed by atoms with Crippen LogP contribution >= 0.6 is 0 Å². The summed E-state index contributed by atoms with van der Waals surface area (Å²) in [6, 6.07) is 3.14. The van der Waals surface area contributed by atoms with Gasteiger partial charge >= 0.3 is 0 Å². The van der Waals surface area contributed by atoms with Crippen LogP contribution in [-0.4, -0.2) is 24.9 Å². The largest absolute Gasteiger partial charge is 0.388 e. The fourth-order valence-electron chi connectivity index (χ4n) is 2.16. The van der Waals surface area contributed by atoms with Gasteiger partial charge in [0.1, 0.15) is 11.6 Å². The van der Waals surface area contributed by atoms with Crippen LogP contribution in [0.2, 0.25) is 0 Å². The standard InChI is InChI=1S/C12H15F2NO2/c13-8-1-2-9(10(14)5-8)11(16)12(6-15)3-4-17-7-12/h1-2,5,11,16H,3-4,6-7,15H2. The zero-order chi connectivity index (χ0) is 12.5. The highest BCUT2D eigenvalue weighted by Crippen LogP contribution is 2.41. The monoisotopic (exact) mass is 243 g/mol. The van der Waals surface area contributed by atoms with E-state index >= 15 is 0 Å². The van der Waals surface area contributed by atoms with Crippen molar-refractivity contribution in [3.05, 3.63) is 35.4 Å². The van der Waals surface area contributed by atoms with Crippen LogP contribution < -0.4 is 5.73 Å². The molecule has 1 fully saturated rings. The molecule has 5 heteroatoms. The van der Waals surface area contributed by atoms with E-state index in [9.17, 15) is 13.9 Å². The predicted molar refractivity (Wildman–Crippen MR) is 58.2 cm³/mol. The lowest BCUT2D eigenvalue weighted by molar-refractivity contribution is 0.0167. The zero-order valence-electron chi connectivity index (χ0n) is 9.33. The van der Waals surface area contributed by atoms with Crippen molar-refractivity contribution in [2.24, 2.45) is 11.1 Å². The van der Waals surface area contributed by atoms with E-state index in [-0.39, 0.29) is 12.1 Å². The van der Waals surface area contributed by atoms with Gasteiger partial charge < -0.3 is 15.6 Å². The highest BCUT2D eigenvalue weighted by Gasteiger charge is 2.42. The number of ether oxygens (including phenoxy) is 1. The highest BCUT2D eigenvalue weighted by molar-refractivity contribution is 5.23. The molecule has 1 saturated heterocycles. The van der Waals surface area contributed by atoms with Gasteiger partial charge in [-0.1, -0.05) is 6.07 Å². The first-order chi connectivity index (χ1) is 8.09. The van der Waals surface area contributed by atoms with Crippen LogP contribution in [0.25, 0.3) is 0 Å². The lowest BCUT2D eigenvalue weighted by Crippen LogP contribution is -2.37. The maximum atomic E-state index is 13.6. The molecule has 1 aromatic rings. The summed E-state index contributed by atoms with van der Waals surface area (Å²) in [5, 5.41) is 10.2. The number of halogens is 2. The fourth-order valence-corrected chi connectivity index (χ4v) is 2.16. The molecule has 0 amide bonds. The Morgan fingerprint density at radius 3 is 2.76 bits per heavy atom. The summed E-state index contributed by atoms with van der Waals surface area (Å²) in [4.78, 5) is 0. The van der Waals surface area contributed by atoms with Gasteiger partial charge in [0.2, 0.25) is 0 Å². The smallest absolute Gasteiger partial charge is 0.131 e. The quantitative estimate of drug-likeness (QED) is 0.842. The van der Waals surface area contributed by atoms with Gasteiger partial charge in [-0.05, 0) is 12.5 Å². The number of hydrogen-bond donors (Lipinski definition) is 2. The molecule has 94 valence electrons. The molecule has 0 aromatic heterocycles. The molecule has 1 heterocycles. The molecule has 17 heavy (non-hydrogen) atoms. The first kappa shape index (κ1) is 12.4. The van der Waals surface area contributed by atoms with Crippen molar-refractivity contribution in [2.75, 3.05) is 19.8 Å². The first-order valence-electron chi connectivity index (χ1n) is 5.50. The van der Waals surface area contributed by atoms with E-state index in [1.54, 1.807) is 0 Å². The topological polar surface area (TPSA) is 55.5 Å². The Kier molecular flexibility index (Phi) is 3.42. The van der Waals surface area contributed by atoms with Crippen molar-refractivity contribution in [1.29, 1.82) is 0 Å². The Labute approximate surface area is 98.2 Å². The van der Waals surface area contributed by atoms with Gasteiger partial charge in [0.15, 0.2) is 0 Å². The molecule has 0 saturated carbocycles. The lowest BCUT2D eigenvalue weighted by atomic mass is 9.78. The lowest BCUT2D eigenvalue weighted by Gasteiger charge is -2.31. The van der Waals surface area contributed by atoms with Gasteiger partial charge in [-0.3, -0.25) is 0 Å². The van der Waals surface area contributed by atoms with Crippen molar-refractivity contribution in [2.45, 2.75) is 12.5 Å². The Hall–Kier alpha value is -1.04. The van der Waals surface area contributed by atoms with Gasteiger partial charge in [0.05, 0.1) is 12.7 Å². The SMILES string of the molecule is NCC1(C(O)c2ccc(F)cc2F)CCOC1. The van der Waals surface area contributed by atoms with Crippen molar-refractivity contribution < 1.29 is 18.6 Å². The van der Waals surface area contributed by atoms with Crippen molar-refractivity contribution >= 4 is 0 Å². The van der Waals surface area contributed by atoms with Crippen LogP contribution in [0.15, 0.2) is 18.2 Å². The molecule has 2 unspecified atom stereocenters. The van der Waals surface area contributed by atoms with Crippen molar-refractivity contribution in [3.63, 3.8) is 0 Å². The van der Waals surface area contributed by atoms with E-state index in [1.165, 1.54) is 6.07 Å². The Balaban J connectivity index is 2.32. The molecular weight excluding hydrogens is 228 g/mol. The Bertz CT molecular complexity index is 405. The fraction of sp³-hybridized carbons (Fsp3) is 0.500. The molecule has 1 aliphatic rings. The summed E-state index contributed by atoms with van der Waals surface area (Å²) in [5.41, 5.74) is 5.05. The molecule has 2 atom stereocenters. The second-order valence-electron chi connectivity index (χ2n) is 4.44. The van der Waals surface area contributed by atoms with Gasteiger partial charge in [-0.25, -0.2) is 8.78 Å². The van der Waals surface area contributed by atoms with E-state index in [0.29, 0.717) is 19.6 Å². The summed E-state index contributed by atoms with van der Waals surface area (Å²) >= 11 is 0. The number of nitrogens with two attached hydrogens (primary N) is 1. The highest BCUT2D eigenvalue weighted by atomic mass is 19.1. The molecule has 0 spiro atoms. The van der Waals surface area contributed by atoms with Gasteiger partial charge in [0.25, 0.3) is 0 Å². The number of rotatable bonds is 3. The zero-order valence-corrected chi connectivity index (χ0v) is 9.33. The van der Waals surface area contributed by atoms with E-state index in [4.69, 9.17) is 10.5 Å². The Morgan fingerprint density at radius 2 is 2.24 bits per heavy atom. The second kappa shape index (κ2) is 4.68. The van der Waals surface area contributed by atoms with Crippen molar-refractivity contribution in [3.8, 4) is 0 Å². The van der Waals surface area contributed by atoms with E-state index in [0.717, 1.165) is 12.1 Å². The van der Waals surface area contributed by atoms with Crippen LogP contribution in [0.3, 0.4) is 0 Å². The van der Waals surface area contributed by atoms with Gasteiger partial charge in [-0.15, -0.1) is 0 Å². The molecule has 3 N–H and O–H groups in total. The molecule has 1 aliphatic heterocycles. The maximum absolute atomic E-state index is 13.6. The number of hydrogen-bond acceptors (Lipinski definition) is 3. The second-order valence-corrected chi connectivity index (χ2v) is 4.44. The summed E-state index contributed by atoms with van der Waals surface area (Å²) < 4.78 is 31.6. The minimum absolute atomic E-state index is 0.0716. The molecule has 1 aromatic carbocycles. The van der Waals surface area contributed by atoms with Gasteiger partial charge in [0, 0.05) is 30.2 Å². The van der Waals surface area contributed by atoms with Gasteiger partial charge in [-0.2, -0.15) is 0 Å². The first-order valence-corrected chi connectivity index (χ1v) is 5.50. The summed E-state index contributed by atoms with van der Waals surface area (Å²) in [6.07, 6.45) is -0.503. The summed E-state index contributed by atoms with van der Waals surface area (Å²) in [6.45, 7) is 0.990. The molecule has 2 rings (SSSR count). The average Bonchev–Trinajstić information content (AvgIpc) is 2.78. The molecule has 0 aliphatic carbocycles. The third kappa shape index (κ3) is 2.18. The summed E-state index contributed by atoms with van der Waals surface area (Å²) in [7, 11) is 0. The molecule has 0 bridgehead atoms. The average molecular weight is 243 g/mol.